The van der Waals surface area contributed by atoms with Gasteiger partial charge in [-0.25, -0.2) is 4.79 Å². The van der Waals surface area contributed by atoms with Crippen molar-refractivity contribution in [1.29, 1.82) is 0 Å². The van der Waals surface area contributed by atoms with Gasteiger partial charge in [-0.15, -0.1) is 0 Å². The monoisotopic (exact) mass is 285 g/mol. The first-order valence-corrected chi connectivity index (χ1v) is 6.80. The first kappa shape index (κ1) is 15.1. The van der Waals surface area contributed by atoms with Gasteiger partial charge in [0.2, 0.25) is 0 Å². The van der Waals surface area contributed by atoms with Crippen molar-refractivity contribution in [3.05, 3.63) is 65.2 Å². The van der Waals surface area contributed by atoms with Gasteiger partial charge in [-0.05, 0) is 30.7 Å². The Morgan fingerprint density at radius 1 is 1.24 bits per heavy atom. The van der Waals surface area contributed by atoms with Crippen molar-refractivity contribution in [1.82, 2.24) is 5.32 Å². The Hall–Kier alpha value is -2.33. The van der Waals surface area contributed by atoms with Gasteiger partial charge in [-0.1, -0.05) is 30.3 Å². The molecule has 0 amide bonds. The molecule has 2 rings (SSSR count). The molecule has 0 unspecified atom stereocenters. The van der Waals surface area contributed by atoms with Gasteiger partial charge in [-0.3, -0.25) is 0 Å². The fraction of sp³-hybridized carbons (Fsp3) is 0.235. The molecular formula is C17H19NO3. The van der Waals surface area contributed by atoms with Crippen LogP contribution in [0.5, 0.6) is 5.75 Å². The quantitative estimate of drug-likeness (QED) is 0.855. The number of aromatic carboxylic acids is 1. The van der Waals surface area contributed by atoms with E-state index >= 15 is 0 Å². The summed E-state index contributed by atoms with van der Waals surface area (Å²) in [4.78, 5) is 11.0. The van der Waals surface area contributed by atoms with E-state index in [4.69, 9.17) is 9.84 Å². The lowest BCUT2D eigenvalue weighted by molar-refractivity contribution is 0.0696. The molecule has 0 aromatic heterocycles. The van der Waals surface area contributed by atoms with E-state index in [1.54, 1.807) is 25.3 Å². The summed E-state index contributed by atoms with van der Waals surface area (Å²) in [6, 6.07) is 14.9. The van der Waals surface area contributed by atoms with Crippen LogP contribution in [0.4, 0.5) is 0 Å². The highest BCUT2D eigenvalue weighted by Crippen LogP contribution is 2.24. The second-order valence-corrected chi connectivity index (χ2v) is 4.85. The molecular weight excluding hydrogens is 266 g/mol. The highest BCUT2D eigenvalue weighted by Gasteiger charge is 2.10. The van der Waals surface area contributed by atoms with Crippen LogP contribution in [0.15, 0.2) is 48.5 Å². The Balaban J connectivity index is 2.05. The molecule has 0 saturated carbocycles. The molecule has 4 heteroatoms. The zero-order valence-electron chi connectivity index (χ0n) is 12.2. The molecule has 0 aliphatic rings. The van der Waals surface area contributed by atoms with Crippen LogP contribution in [0.3, 0.4) is 0 Å². The summed E-state index contributed by atoms with van der Waals surface area (Å²) in [7, 11) is 1.65. The topological polar surface area (TPSA) is 58.6 Å². The van der Waals surface area contributed by atoms with Gasteiger partial charge < -0.3 is 15.2 Å². The van der Waals surface area contributed by atoms with Gasteiger partial charge in [0.05, 0.1) is 12.7 Å². The van der Waals surface area contributed by atoms with Crippen LogP contribution in [0, 0.1) is 0 Å². The number of hydrogen-bond acceptors (Lipinski definition) is 3. The number of rotatable bonds is 6. The molecule has 0 saturated heterocycles. The second kappa shape index (κ2) is 6.90. The molecule has 0 aliphatic carbocycles. The molecule has 2 aromatic rings. The highest BCUT2D eigenvalue weighted by atomic mass is 16.5. The largest absolute Gasteiger partial charge is 0.496 e. The number of carbonyl (C=O) groups is 1. The van der Waals surface area contributed by atoms with E-state index in [1.165, 1.54) is 0 Å². The van der Waals surface area contributed by atoms with Crippen LogP contribution < -0.4 is 10.1 Å². The van der Waals surface area contributed by atoms with Gasteiger partial charge >= 0.3 is 5.97 Å². The number of methoxy groups -OCH3 is 1. The summed E-state index contributed by atoms with van der Waals surface area (Å²) in [6.07, 6.45) is 0. The molecule has 0 aliphatic heterocycles. The number of nitrogens with one attached hydrogen (secondary N) is 1. The smallest absolute Gasteiger partial charge is 0.335 e. The first-order valence-electron chi connectivity index (χ1n) is 6.80. The average molecular weight is 285 g/mol. The van der Waals surface area contributed by atoms with Crippen LogP contribution in [-0.4, -0.2) is 18.2 Å². The minimum Gasteiger partial charge on any atom is -0.496 e. The molecule has 1 atom stereocenters. The fourth-order valence-electron chi connectivity index (χ4n) is 2.22. The molecule has 0 bridgehead atoms. The summed E-state index contributed by atoms with van der Waals surface area (Å²) in [5.74, 6) is -0.0635. The third kappa shape index (κ3) is 3.83. The van der Waals surface area contributed by atoms with Crippen LogP contribution in [0.2, 0.25) is 0 Å². The number of benzene rings is 2. The highest BCUT2D eigenvalue weighted by molar-refractivity contribution is 5.87. The Labute approximate surface area is 124 Å². The van der Waals surface area contributed by atoms with E-state index in [1.807, 2.05) is 30.3 Å². The predicted molar refractivity (Wildman–Crippen MR) is 81.7 cm³/mol. The van der Waals surface area contributed by atoms with E-state index < -0.39 is 5.97 Å². The fourth-order valence-corrected chi connectivity index (χ4v) is 2.22. The van der Waals surface area contributed by atoms with Crippen LogP contribution >= 0.6 is 0 Å². The number of ether oxygens (including phenoxy) is 1. The Morgan fingerprint density at radius 2 is 2.00 bits per heavy atom. The summed E-state index contributed by atoms with van der Waals surface area (Å²) in [5, 5.41) is 12.4. The van der Waals surface area contributed by atoms with E-state index in [-0.39, 0.29) is 6.04 Å². The molecule has 0 radical (unpaired) electrons. The van der Waals surface area contributed by atoms with Crippen molar-refractivity contribution in [2.75, 3.05) is 7.11 Å². The van der Waals surface area contributed by atoms with E-state index in [0.717, 1.165) is 16.9 Å². The Morgan fingerprint density at radius 3 is 2.71 bits per heavy atom. The summed E-state index contributed by atoms with van der Waals surface area (Å²) < 4.78 is 5.35. The lowest BCUT2D eigenvalue weighted by atomic mass is 10.1. The van der Waals surface area contributed by atoms with Crippen molar-refractivity contribution in [2.45, 2.75) is 19.5 Å². The molecule has 0 fully saturated rings. The summed E-state index contributed by atoms with van der Waals surface area (Å²) >= 11 is 0. The molecule has 21 heavy (non-hydrogen) atoms. The lowest BCUT2D eigenvalue weighted by Gasteiger charge is -2.17. The number of para-hydroxylation sites is 1. The SMILES string of the molecule is COc1ccccc1[C@H](C)NCc1cccc(C(=O)O)c1. The third-order valence-corrected chi connectivity index (χ3v) is 3.39. The molecule has 0 spiro atoms. The van der Waals surface area contributed by atoms with Crippen molar-refractivity contribution in [2.24, 2.45) is 0 Å². The number of carboxylic acids is 1. The normalized spacial score (nSPS) is 11.9. The van der Waals surface area contributed by atoms with Gasteiger partial charge in [0.25, 0.3) is 0 Å². The van der Waals surface area contributed by atoms with E-state index in [9.17, 15) is 4.79 Å². The molecule has 0 heterocycles. The van der Waals surface area contributed by atoms with Crippen molar-refractivity contribution in [3.63, 3.8) is 0 Å². The third-order valence-electron chi connectivity index (χ3n) is 3.39. The van der Waals surface area contributed by atoms with E-state index in [2.05, 4.69) is 12.2 Å². The van der Waals surface area contributed by atoms with Crippen molar-refractivity contribution in [3.8, 4) is 5.75 Å². The Kier molecular flexibility index (Phi) is 4.95. The van der Waals surface area contributed by atoms with Crippen LogP contribution in [-0.2, 0) is 6.54 Å². The van der Waals surface area contributed by atoms with Crippen LogP contribution in [0.25, 0.3) is 0 Å². The molecule has 110 valence electrons. The minimum absolute atomic E-state index is 0.106. The summed E-state index contributed by atoms with van der Waals surface area (Å²) in [6.45, 7) is 2.65. The standard InChI is InChI=1S/C17H19NO3/c1-12(15-8-3-4-9-16(15)21-2)18-11-13-6-5-7-14(10-13)17(19)20/h3-10,12,18H,11H2,1-2H3,(H,19,20)/t12-/m0/s1. The maximum Gasteiger partial charge on any atom is 0.335 e. The van der Waals surface area contributed by atoms with Gasteiger partial charge in [0, 0.05) is 18.2 Å². The molecule has 2 N–H and O–H groups in total. The lowest BCUT2D eigenvalue weighted by Crippen LogP contribution is -2.18. The second-order valence-electron chi connectivity index (χ2n) is 4.85. The average Bonchev–Trinajstić information content (AvgIpc) is 2.52. The van der Waals surface area contributed by atoms with Gasteiger partial charge in [0.15, 0.2) is 0 Å². The first-order chi connectivity index (χ1) is 10.1. The zero-order chi connectivity index (χ0) is 15.2. The van der Waals surface area contributed by atoms with Gasteiger partial charge in [0.1, 0.15) is 5.75 Å². The maximum atomic E-state index is 11.0. The Bertz CT molecular complexity index is 625. The van der Waals surface area contributed by atoms with Crippen molar-refractivity contribution < 1.29 is 14.6 Å². The van der Waals surface area contributed by atoms with Gasteiger partial charge in [-0.2, -0.15) is 0 Å². The predicted octanol–water partition coefficient (Wildman–Crippen LogP) is 3.24. The van der Waals surface area contributed by atoms with Crippen molar-refractivity contribution >= 4 is 5.97 Å². The molecule has 4 nitrogen and oxygen atoms in total. The number of hydrogen-bond donors (Lipinski definition) is 2. The molecule has 2 aromatic carbocycles. The van der Waals surface area contributed by atoms with Crippen LogP contribution in [0.1, 0.15) is 34.5 Å². The maximum absolute atomic E-state index is 11.0. The van der Waals surface area contributed by atoms with E-state index in [0.29, 0.717) is 12.1 Å². The minimum atomic E-state index is -0.908. The summed E-state index contributed by atoms with van der Waals surface area (Å²) in [5.41, 5.74) is 2.32. The zero-order valence-corrected chi connectivity index (χ0v) is 12.2. The number of carboxylic acid groups (broad SMARTS) is 1.